The Morgan fingerprint density at radius 1 is 0.576 bits per heavy atom. The summed E-state index contributed by atoms with van der Waals surface area (Å²) in [7, 11) is 0. The van der Waals surface area contributed by atoms with E-state index in [9.17, 15) is 0 Å². The Bertz CT molecular complexity index is 1900. The van der Waals surface area contributed by atoms with Gasteiger partial charge in [0.15, 0.2) is 0 Å². The monoisotopic (exact) mass is 455 g/mol. The van der Waals surface area contributed by atoms with Crippen molar-refractivity contribution in [3.8, 4) is 16.8 Å². The summed E-state index contributed by atoms with van der Waals surface area (Å²) in [5.41, 5.74) is 6.50. The second-order valence-electron chi connectivity index (χ2n) is 8.57. The second kappa shape index (κ2) is 6.50. The fraction of sp³-hybridized carbons (Fsp3) is 0. The summed E-state index contributed by atoms with van der Waals surface area (Å²) in [5, 5.41) is 5.35. The molecule has 0 radical (unpaired) electrons. The van der Waals surface area contributed by atoms with Gasteiger partial charge in [0.1, 0.15) is 0 Å². The van der Waals surface area contributed by atoms with Crippen molar-refractivity contribution in [3.63, 3.8) is 0 Å². The largest absolute Gasteiger partial charge is 0.307 e. The first-order valence-electron chi connectivity index (χ1n) is 11.1. The third-order valence-corrected chi connectivity index (χ3v) is 9.09. The molecule has 33 heavy (non-hydrogen) atoms. The van der Waals surface area contributed by atoms with Gasteiger partial charge in [-0.2, -0.15) is 0 Å². The average molecular weight is 456 g/mol. The van der Waals surface area contributed by atoms with Crippen LogP contribution in [0.25, 0.3) is 58.8 Å². The lowest BCUT2D eigenvalue weighted by Crippen LogP contribution is -2.01. The highest BCUT2D eigenvalue weighted by atomic mass is 32.2. The Morgan fingerprint density at radius 3 is 2.33 bits per heavy atom. The van der Waals surface area contributed by atoms with E-state index in [0.29, 0.717) is 0 Å². The van der Waals surface area contributed by atoms with E-state index in [1.54, 1.807) is 0 Å². The number of nitrogens with zero attached hydrogens (tertiary/aromatic N) is 1. The van der Waals surface area contributed by atoms with Gasteiger partial charge in [-0.05, 0) is 47.5 Å². The van der Waals surface area contributed by atoms with Crippen molar-refractivity contribution in [2.45, 2.75) is 9.79 Å². The number of hydrogen-bond acceptors (Lipinski definition) is 2. The summed E-state index contributed by atoms with van der Waals surface area (Å²) in [6.07, 6.45) is 0. The molecule has 1 aliphatic heterocycles. The molecule has 0 unspecified atom stereocenters. The fourth-order valence-corrected chi connectivity index (χ4v) is 7.73. The Labute approximate surface area is 198 Å². The SMILES string of the molecule is c1ccc2c(c1)Sc1cc(-c3cccc4c3sc3ccccc34)cc3c4ccccc4n-2c13. The van der Waals surface area contributed by atoms with E-state index in [2.05, 4.69) is 108 Å². The van der Waals surface area contributed by atoms with E-state index < -0.39 is 0 Å². The molecular weight excluding hydrogens is 438 g/mol. The van der Waals surface area contributed by atoms with Crippen molar-refractivity contribution in [2.24, 2.45) is 0 Å². The molecule has 3 heterocycles. The zero-order valence-electron chi connectivity index (χ0n) is 17.6. The first-order valence-corrected chi connectivity index (χ1v) is 12.8. The predicted octanol–water partition coefficient (Wildman–Crippen LogP) is 9.28. The Morgan fingerprint density at radius 2 is 1.36 bits per heavy atom. The minimum atomic E-state index is 1.28. The number of thiophene rings is 1. The zero-order chi connectivity index (χ0) is 21.5. The van der Waals surface area contributed by atoms with E-state index in [0.717, 1.165) is 0 Å². The molecule has 0 bridgehead atoms. The van der Waals surface area contributed by atoms with E-state index in [1.807, 2.05) is 23.1 Å². The molecule has 0 amide bonds. The van der Waals surface area contributed by atoms with E-state index in [-0.39, 0.29) is 0 Å². The summed E-state index contributed by atoms with van der Waals surface area (Å²) in [5.74, 6) is 0. The molecule has 0 spiro atoms. The van der Waals surface area contributed by atoms with E-state index >= 15 is 0 Å². The topological polar surface area (TPSA) is 4.93 Å². The first-order chi connectivity index (χ1) is 16.4. The lowest BCUT2D eigenvalue weighted by Gasteiger charge is -2.20. The van der Waals surface area contributed by atoms with Crippen molar-refractivity contribution >= 4 is 65.1 Å². The molecule has 8 rings (SSSR count). The highest BCUT2D eigenvalue weighted by molar-refractivity contribution is 7.99. The van der Waals surface area contributed by atoms with Crippen LogP contribution in [-0.4, -0.2) is 4.57 Å². The molecule has 7 aromatic rings. The standard InChI is InChI=1S/C30H17NS2/c1-3-12-24-20(8-1)23-16-18(17-28-29(23)31(24)25-13-4-6-15-27(25)32-28)19-10-7-11-22-21-9-2-5-14-26(21)33-30(19)22/h1-17H. The number of aromatic nitrogens is 1. The van der Waals surface area contributed by atoms with Crippen molar-refractivity contribution in [1.82, 2.24) is 4.57 Å². The van der Waals surface area contributed by atoms with Crippen LogP contribution in [0.2, 0.25) is 0 Å². The van der Waals surface area contributed by atoms with Gasteiger partial charge < -0.3 is 4.57 Å². The number of rotatable bonds is 1. The smallest absolute Gasteiger partial charge is 0.0681 e. The summed E-state index contributed by atoms with van der Waals surface area (Å²) < 4.78 is 5.17. The van der Waals surface area contributed by atoms with Crippen LogP contribution in [0.4, 0.5) is 0 Å². The van der Waals surface area contributed by atoms with Crippen LogP contribution in [-0.2, 0) is 0 Å². The normalized spacial score (nSPS) is 12.7. The van der Waals surface area contributed by atoms with Gasteiger partial charge in [-0.3, -0.25) is 0 Å². The fourth-order valence-electron chi connectivity index (χ4n) is 5.37. The maximum atomic E-state index is 2.45. The molecule has 5 aromatic carbocycles. The quantitative estimate of drug-likeness (QED) is 0.239. The summed E-state index contributed by atoms with van der Waals surface area (Å²) in [4.78, 5) is 2.64. The zero-order valence-corrected chi connectivity index (χ0v) is 19.2. The molecule has 0 fully saturated rings. The van der Waals surface area contributed by atoms with Gasteiger partial charge in [0, 0.05) is 40.7 Å². The summed E-state index contributed by atoms with van der Waals surface area (Å²) in [6, 6.07) is 37.9. The minimum Gasteiger partial charge on any atom is -0.307 e. The molecule has 3 heteroatoms. The van der Waals surface area contributed by atoms with Crippen LogP contribution in [0, 0.1) is 0 Å². The van der Waals surface area contributed by atoms with E-state index in [1.165, 1.54) is 68.6 Å². The molecule has 0 saturated heterocycles. The van der Waals surface area contributed by atoms with Crippen LogP contribution in [0.1, 0.15) is 0 Å². The Kier molecular flexibility index (Phi) is 3.54. The Balaban J connectivity index is 1.51. The highest BCUT2D eigenvalue weighted by Gasteiger charge is 2.24. The Hall–Kier alpha value is -3.53. The molecule has 0 N–H and O–H groups in total. The van der Waals surface area contributed by atoms with Gasteiger partial charge in [0.25, 0.3) is 0 Å². The molecular formula is C30H17NS2. The summed E-state index contributed by atoms with van der Waals surface area (Å²) >= 11 is 3.79. The average Bonchev–Trinajstić information content (AvgIpc) is 3.41. The van der Waals surface area contributed by atoms with Gasteiger partial charge in [-0.25, -0.2) is 0 Å². The van der Waals surface area contributed by atoms with Crippen LogP contribution < -0.4 is 0 Å². The molecule has 0 atom stereocenters. The van der Waals surface area contributed by atoms with Gasteiger partial charge in [-0.1, -0.05) is 78.5 Å². The minimum absolute atomic E-state index is 1.28. The van der Waals surface area contributed by atoms with Crippen LogP contribution in [0.3, 0.4) is 0 Å². The van der Waals surface area contributed by atoms with Gasteiger partial charge in [-0.15, -0.1) is 11.3 Å². The van der Waals surface area contributed by atoms with Crippen LogP contribution in [0.15, 0.2) is 113 Å². The molecule has 1 aliphatic rings. The molecule has 2 aromatic heterocycles. The number of hydrogen-bond donors (Lipinski definition) is 0. The highest BCUT2D eigenvalue weighted by Crippen LogP contribution is 2.49. The van der Waals surface area contributed by atoms with Gasteiger partial charge >= 0.3 is 0 Å². The first kappa shape index (κ1) is 18.0. The molecule has 0 aliphatic carbocycles. The van der Waals surface area contributed by atoms with Crippen molar-refractivity contribution in [1.29, 1.82) is 0 Å². The molecule has 154 valence electrons. The number of fused-ring (bicyclic) bond motifs is 8. The van der Waals surface area contributed by atoms with Crippen molar-refractivity contribution < 1.29 is 0 Å². The van der Waals surface area contributed by atoms with E-state index in [4.69, 9.17) is 0 Å². The molecule has 0 saturated carbocycles. The maximum absolute atomic E-state index is 2.45. The lowest BCUT2D eigenvalue weighted by molar-refractivity contribution is 1.09. The van der Waals surface area contributed by atoms with Crippen LogP contribution in [0.5, 0.6) is 0 Å². The number of para-hydroxylation sites is 2. The maximum Gasteiger partial charge on any atom is 0.0681 e. The summed E-state index contributed by atoms with van der Waals surface area (Å²) in [6.45, 7) is 0. The number of benzene rings is 5. The predicted molar refractivity (Wildman–Crippen MR) is 143 cm³/mol. The molecule has 1 nitrogen and oxygen atoms in total. The van der Waals surface area contributed by atoms with Crippen molar-refractivity contribution in [2.75, 3.05) is 0 Å². The van der Waals surface area contributed by atoms with Crippen molar-refractivity contribution in [3.05, 3.63) is 103 Å². The van der Waals surface area contributed by atoms with Gasteiger partial charge in [0.05, 0.1) is 16.7 Å². The second-order valence-corrected chi connectivity index (χ2v) is 10.7. The lowest BCUT2D eigenvalue weighted by atomic mass is 10.0. The van der Waals surface area contributed by atoms with Gasteiger partial charge in [0.2, 0.25) is 0 Å². The third-order valence-electron chi connectivity index (χ3n) is 6.78. The third kappa shape index (κ3) is 2.38. The van der Waals surface area contributed by atoms with Crippen LogP contribution >= 0.6 is 23.1 Å².